The topological polar surface area (TPSA) is 42.7 Å². The lowest BCUT2D eigenvalue weighted by Gasteiger charge is -2.09. The summed E-state index contributed by atoms with van der Waals surface area (Å²) in [4.78, 5) is 4.04. The van der Waals surface area contributed by atoms with Crippen LogP contribution in [-0.4, -0.2) is 14.8 Å². The van der Waals surface area contributed by atoms with E-state index < -0.39 is 11.6 Å². The van der Waals surface area contributed by atoms with Crippen molar-refractivity contribution in [2.45, 2.75) is 26.9 Å². The molecule has 0 atom stereocenters. The predicted octanol–water partition coefficient (Wildman–Crippen LogP) is 2.50. The number of nitrogens with one attached hydrogen (secondary N) is 1. The molecular formula is C12H14F2N4. The van der Waals surface area contributed by atoms with Crippen LogP contribution in [0.3, 0.4) is 0 Å². The highest BCUT2D eigenvalue weighted by Gasteiger charge is 2.08. The first-order valence-corrected chi connectivity index (χ1v) is 5.68. The number of aromatic nitrogens is 3. The zero-order valence-corrected chi connectivity index (χ0v) is 10.2. The Hall–Kier alpha value is -1.98. The molecule has 18 heavy (non-hydrogen) atoms. The van der Waals surface area contributed by atoms with Gasteiger partial charge in [-0.05, 0) is 25.5 Å². The van der Waals surface area contributed by atoms with E-state index in [4.69, 9.17) is 0 Å². The molecule has 0 bridgehead atoms. The van der Waals surface area contributed by atoms with Crippen molar-refractivity contribution in [1.82, 2.24) is 14.8 Å². The third-order valence-electron chi connectivity index (χ3n) is 2.68. The molecule has 0 radical (unpaired) electrons. The van der Waals surface area contributed by atoms with Gasteiger partial charge in [0.05, 0.1) is 12.2 Å². The lowest BCUT2D eigenvalue weighted by molar-refractivity contribution is 0.592. The van der Waals surface area contributed by atoms with Gasteiger partial charge in [0.15, 0.2) is 0 Å². The van der Waals surface area contributed by atoms with Gasteiger partial charge in [-0.1, -0.05) is 0 Å². The molecule has 0 amide bonds. The second-order valence-corrected chi connectivity index (χ2v) is 3.93. The molecule has 2 aromatic rings. The number of hydrogen-bond acceptors (Lipinski definition) is 3. The van der Waals surface area contributed by atoms with Crippen LogP contribution >= 0.6 is 0 Å². The van der Waals surface area contributed by atoms with Crippen molar-refractivity contribution in [3.63, 3.8) is 0 Å². The highest BCUT2D eigenvalue weighted by molar-refractivity contribution is 5.46. The number of aryl methyl sites for hydroxylation is 2. The maximum absolute atomic E-state index is 13.6. The lowest BCUT2D eigenvalue weighted by Crippen LogP contribution is -2.10. The van der Waals surface area contributed by atoms with Gasteiger partial charge in [0.1, 0.15) is 23.8 Å². The Labute approximate surface area is 104 Å². The monoisotopic (exact) mass is 252 g/mol. The van der Waals surface area contributed by atoms with Crippen LogP contribution in [0.2, 0.25) is 0 Å². The Kier molecular flexibility index (Phi) is 3.55. The molecule has 0 saturated heterocycles. The van der Waals surface area contributed by atoms with Crippen molar-refractivity contribution in [3.05, 3.63) is 41.5 Å². The SMILES string of the molecule is CCn1ncnc1CNc1cc(F)c(C)cc1F. The molecule has 0 saturated carbocycles. The molecule has 0 aliphatic carbocycles. The normalized spacial score (nSPS) is 10.7. The first kappa shape index (κ1) is 12.5. The summed E-state index contributed by atoms with van der Waals surface area (Å²) in [5.74, 6) is -0.231. The number of rotatable bonds is 4. The van der Waals surface area contributed by atoms with Crippen molar-refractivity contribution in [3.8, 4) is 0 Å². The van der Waals surface area contributed by atoms with Crippen LogP contribution < -0.4 is 5.32 Å². The van der Waals surface area contributed by atoms with E-state index in [1.807, 2.05) is 6.92 Å². The largest absolute Gasteiger partial charge is 0.375 e. The highest BCUT2D eigenvalue weighted by Crippen LogP contribution is 2.19. The summed E-state index contributed by atoms with van der Waals surface area (Å²) in [6.45, 7) is 4.44. The summed E-state index contributed by atoms with van der Waals surface area (Å²) in [5.41, 5.74) is 0.415. The van der Waals surface area contributed by atoms with E-state index in [1.54, 1.807) is 4.68 Å². The summed E-state index contributed by atoms with van der Waals surface area (Å²) in [6.07, 6.45) is 1.44. The van der Waals surface area contributed by atoms with Crippen LogP contribution in [0.4, 0.5) is 14.5 Å². The minimum atomic E-state index is -0.475. The smallest absolute Gasteiger partial charge is 0.146 e. The molecule has 2 rings (SSSR count). The first-order chi connectivity index (χ1) is 8.61. The van der Waals surface area contributed by atoms with Crippen molar-refractivity contribution >= 4 is 5.69 Å². The average molecular weight is 252 g/mol. The van der Waals surface area contributed by atoms with Crippen molar-refractivity contribution in [2.75, 3.05) is 5.32 Å². The van der Waals surface area contributed by atoms with Gasteiger partial charge < -0.3 is 5.32 Å². The fraction of sp³-hybridized carbons (Fsp3) is 0.333. The van der Waals surface area contributed by atoms with Gasteiger partial charge in [-0.25, -0.2) is 18.4 Å². The van der Waals surface area contributed by atoms with Gasteiger partial charge in [-0.15, -0.1) is 0 Å². The van der Waals surface area contributed by atoms with Crippen LogP contribution in [0.1, 0.15) is 18.3 Å². The lowest BCUT2D eigenvalue weighted by atomic mass is 10.2. The zero-order valence-electron chi connectivity index (χ0n) is 10.2. The minimum absolute atomic E-state index is 0.128. The maximum atomic E-state index is 13.6. The van der Waals surface area contributed by atoms with Crippen LogP contribution in [0, 0.1) is 18.6 Å². The molecular weight excluding hydrogens is 238 g/mol. The Morgan fingerprint density at radius 3 is 2.78 bits per heavy atom. The van der Waals surface area contributed by atoms with E-state index in [0.717, 1.165) is 6.07 Å². The standard InChI is InChI=1S/C12H14F2N4/c1-3-18-12(16-7-17-18)6-15-11-5-9(13)8(2)4-10(11)14/h4-5,7,15H,3,6H2,1-2H3. The number of nitrogens with zero attached hydrogens (tertiary/aromatic N) is 3. The summed E-state index contributed by atoms with van der Waals surface area (Å²) in [7, 11) is 0. The van der Waals surface area contributed by atoms with Gasteiger partial charge in [-0.2, -0.15) is 5.10 Å². The van der Waals surface area contributed by atoms with Crippen LogP contribution in [0.15, 0.2) is 18.5 Å². The Bertz CT molecular complexity index is 551. The van der Waals surface area contributed by atoms with Crippen LogP contribution in [0.5, 0.6) is 0 Å². The molecule has 96 valence electrons. The number of anilines is 1. The summed E-state index contributed by atoms with van der Waals surface area (Å²) in [5, 5.41) is 6.82. The second kappa shape index (κ2) is 5.12. The summed E-state index contributed by atoms with van der Waals surface area (Å²) in [6, 6.07) is 2.32. The summed E-state index contributed by atoms with van der Waals surface area (Å²) >= 11 is 0. The van der Waals surface area contributed by atoms with Gasteiger partial charge in [0.2, 0.25) is 0 Å². The quantitative estimate of drug-likeness (QED) is 0.909. The van der Waals surface area contributed by atoms with Crippen molar-refractivity contribution < 1.29 is 8.78 Å². The van der Waals surface area contributed by atoms with E-state index in [-0.39, 0.29) is 11.3 Å². The zero-order chi connectivity index (χ0) is 13.1. The Morgan fingerprint density at radius 1 is 1.28 bits per heavy atom. The van der Waals surface area contributed by atoms with Gasteiger partial charge >= 0.3 is 0 Å². The molecule has 0 aliphatic heterocycles. The third-order valence-corrected chi connectivity index (χ3v) is 2.68. The van der Waals surface area contributed by atoms with Crippen molar-refractivity contribution in [1.29, 1.82) is 0 Å². The van der Waals surface area contributed by atoms with E-state index in [1.165, 1.54) is 19.3 Å². The minimum Gasteiger partial charge on any atom is -0.375 e. The maximum Gasteiger partial charge on any atom is 0.146 e. The van der Waals surface area contributed by atoms with E-state index in [0.29, 0.717) is 18.9 Å². The fourth-order valence-corrected chi connectivity index (χ4v) is 1.65. The predicted molar refractivity (Wildman–Crippen MR) is 64.1 cm³/mol. The molecule has 0 spiro atoms. The molecule has 6 heteroatoms. The molecule has 4 nitrogen and oxygen atoms in total. The number of hydrogen-bond donors (Lipinski definition) is 1. The van der Waals surface area contributed by atoms with Gasteiger partial charge in [0, 0.05) is 12.6 Å². The van der Waals surface area contributed by atoms with Crippen LogP contribution in [-0.2, 0) is 13.1 Å². The molecule has 0 unspecified atom stereocenters. The molecule has 0 fully saturated rings. The Balaban J connectivity index is 2.13. The molecule has 0 aliphatic rings. The first-order valence-electron chi connectivity index (χ1n) is 5.68. The molecule has 1 aromatic heterocycles. The van der Waals surface area contributed by atoms with Gasteiger partial charge in [-0.3, -0.25) is 0 Å². The second-order valence-electron chi connectivity index (χ2n) is 3.93. The molecule has 1 N–H and O–H groups in total. The molecule has 1 aromatic carbocycles. The Morgan fingerprint density at radius 2 is 2.06 bits per heavy atom. The van der Waals surface area contributed by atoms with E-state index in [2.05, 4.69) is 15.4 Å². The number of benzene rings is 1. The third kappa shape index (κ3) is 2.47. The molecule has 1 heterocycles. The fourth-order valence-electron chi connectivity index (χ4n) is 1.65. The average Bonchev–Trinajstić information content (AvgIpc) is 2.79. The van der Waals surface area contributed by atoms with Gasteiger partial charge in [0.25, 0.3) is 0 Å². The highest BCUT2D eigenvalue weighted by atomic mass is 19.1. The van der Waals surface area contributed by atoms with E-state index >= 15 is 0 Å². The van der Waals surface area contributed by atoms with Crippen molar-refractivity contribution in [2.24, 2.45) is 0 Å². The number of halogens is 2. The van der Waals surface area contributed by atoms with Crippen LogP contribution in [0.25, 0.3) is 0 Å². The summed E-state index contributed by atoms with van der Waals surface area (Å²) < 4.78 is 28.6. The van der Waals surface area contributed by atoms with E-state index in [9.17, 15) is 8.78 Å².